The third kappa shape index (κ3) is 6.38. The van der Waals surface area contributed by atoms with Gasteiger partial charge in [0.25, 0.3) is 11.8 Å². The van der Waals surface area contributed by atoms with Crippen LogP contribution in [-0.4, -0.2) is 42.9 Å². The molecule has 44 heavy (non-hydrogen) atoms. The zero-order valence-electron chi connectivity index (χ0n) is 24.1. The molecule has 2 aliphatic heterocycles. The maximum Gasteiger partial charge on any atom is 0.416 e. The number of aryl methyl sites for hydroxylation is 1. The van der Waals surface area contributed by atoms with Gasteiger partial charge in [0, 0.05) is 42.3 Å². The summed E-state index contributed by atoms with van der Waals surface area (Å²) in [6.45, 7) is 4.19. The Hall–Kier alpha value is -4.50. The number of para-hydroxylation sites is 1. The number of anilines is 2. The van der Waals surface area contributed by atoms with Crippen LogP contribution in [0.3, 0.4) is 0 Å². The average Bonchev–Trinajstić information content (AvgIpc) is 3.03. The van der Waals surface area contributed by atoms with Gasteiger partial charge in [-0.3, -0.25) is 9.59 Å². The number of nitrogens with zero attached hydrogens (tertiary/aromatic N) is 3. The lowest BCUT2D eigenvalue weighted by atomic mass is 10.1. The standard InChI is InChI=1S/C35H30F3N3O2S/c1-24-6-4-7-26(20-24)23-41-30-10-2-3-11-31(30)44-32(34(41)43)21-25-12-14-27(15-13-25)33(42)40-18-16-39(17-19-40)29-9-5-8-28(22-29)35(36,37)38/h2-15,20-22H,16-19,23H2,1H3/b32-21+. The van der Waals surface area contributed by atoms with Gasteiger partial charge in [-0.2, -0.15) is 13.2 Å². The molecule has 0 bridgehead atoms. The summed E-state index contributed by atoms with van der Waals surface area (Å²) in [6, 6.07) is 28.5. The molecule has 2 amide bonds. The van der Waals surface area contributed by atoms with E-state index in [0.29, 0.717) is 48.9 Å². The van der Waals surface area contributed by atoms with E-state index < -0.39 is 11.7 Å². The Bertz CT molecular complexity index is 1730. The van der Waals surface area contributed by atoms with Gasteiger partial charge in [-0.05, 0) is 66.6 Å². The highest BCUT2D eigenvalue weighted by Crippen LogP contribution is 2.42. The fourth-order valence-electron chi connectivity index (χ4n) is 5.51. The second-order valence-corrected chi connectivity index (χ2v) is 12.0. The fourth-order valence-corrected chi connectivity index (χ4v) is 6.57. The third-order valence-corrected chi connectivity index (χ3v) is 8.89. The minimum Gasteiger partial charge on any atom is -0.368 e. The van der Waals surface area contributed by atoms with Crippen LogP contribution in [0.2, 0.25) is 0 Å². The molecule has 1 saturated heterocycles. The van der Waals surface area contributed by atoms with Crippen LogP contribution in [0.1, 0.15) is 32.6 Å². The van der Waals surface area contributed by atoms with Crippen molar-refractivity contribution in [1.82, 2.24) is 4.90 Å². The molecule has 0 radical (unpaired) electrons. The molecule has 0 atom stereocenters. The zero-order valence-corrected chi connectivity index (χ0v) is 24.9. The van der Waals surface area contributed by atoms with Crippen molar-refractivity contribution in [1.29, 1.82) is 0 Å². The predicted molar refractivity (Wildman–Crippen MR) is 169 cm³/mol. The van der Waals surface area contributed by atoms with Crippen LogP contribution in [0.25, 0.3) is 6.08 Å². The Labute approximate surface area is 258 Å². The Morgan fingerprint density at radius 1 is 0.864 bits per heavy atom. The first-order valence-electron chi connectivity index (χ1n) is 14.3. The van der Waals surface area contributed by atoms with Crippen molar-refractivity contribution >= 4 is 41.0 Å². The summed E-state index contributed by atoms with van der Waals surface area (Å²) in [5, 5.41) is 0. The highest BCUT2D eigenvalue weighted by molar-refractivity contribution is 8.04. The van der Waals surface area contributed by atoms with Gasteiger partial charge in [0.15, 0.2) is 0 Å². The molecule has 5 nitrogen and oxygen atoms in total. The van der Waals surface area contributed by atoms with Crippen LogP contribution < -0.4 is 9.80 Å². The number of thioether (sulfide) groups is 1. The molecule has 0 aliphatic carbocycles. The van der Waals surface area contributed by atoms with Gasteiger partial charge in [-0.15, -0.1) is 0 Å². The molecule has 4 aromatic rings. The Morgan fingerprint density at radius 2 is 1.59 bits per heavy atom. The molecule has 0 N–H and O–H groups in total. The number of carbonyl (C=O) groups excluding carboxylic acids is 2. The lowest BCUT2D eigenvalue weighted by molar-refractivity contribution is -0.137. The summed E-state index contributed by atoms with van der Waals surface area (Å²) in [4.78, 5) is 33.9. The number of rotatable bonds is 5. The molecule has 4 aromatic carbocycles. The molecule has 2 heterocycles. The van der Waals surface area contributed by atoms with Gasteiger partial charge < -0.3 is 14.7 Å². The Morgan fingerprint density at radius 3 is 2.32 bits per heavy atom. The van der Waals surface area contributed by atoms with Crippen LogP contribution in [0.4, 0.5) is 24.5 Å². The van der Waals surface area contributed by atoms with Gasteiger partial charge >= 0.3 is 6.18 Å². The second-order valence-electron chi connectivity index (χ2n) is 10.9. The van der Waals surface area contributed by atoms with Crippen molar-refractivity contribution in [3.05, 3.63) is 130 Å². The number of hydrogen-bond donors (Lipinski definition) is 0. The van der Waals surface area contributed by atoms with Gasteiger partial charge in [0.2, 0.25) is 0 Å². The van der Waals surface area contributed by atoms with E-state index in [1.54, 1.807) is 23.1 Å². The first kappa shape index (κ1) is 29.6. The van der Waals surface area contributed by atoms with Crippen molar-refractivity contribution in [2.24, 2.45) is 0 Å². The number of halogens is 3. The number of piperazine rings is 1. The van der Waals surface area contributed by atoms with E-state index >= 15 is 0 Å². The van der Waals surface area contributed by atoms with E-state index in [-0.39, 0.29) is 11.8 Å². The molecular formula is C35H30F3N3O2S. The summed E-state index contributed by atoms with van der Waals surface area (Å²) < 4.78 is 39.4. The highest BCUT2D eigenvalue weighted by Gasteiger charge is 2.32. The van der Waals surface area contributed by atoms with Crippen molar-refractivity contribution in [3.63, 3.8) is 0 Å². The van der Waals surface area contributed by atoms with Crippen molar-refractivity contribution in [3.8, 4) is 0 Å². The number of fused-ring (bicyclic) bond motifs is 1. The van der Waals surface area contributed by atoms with Gasteiger partial charge in [0.1, 0.15) is 0 Å². The first-order chi connectivity index (χ1) is 21.2. The van der Waals surface area contributed by atoms with Crippen LogP contribution in [-0.2, 0) is 17.5 Å². The normalized spacial score (nSPS) is 16.3. The minimum absolute atomic E-state index is 0.0750. The number of amides is 2. The monoisotopic (exact) mass is 613 g/mol. The summed E-state index contributed by atoms with van der Waals surface area (Å²) >= 11 is 1.44. The molecule has 224 valence electrons. The highest BCUT2D eigenvalue weighted by atomic mass is 32.2. The summed E-state index contributed by atoms with van der Waals surface area (Å²) in [7, 11) is 0. The van der Waals surface area contributed by atoms with Gasteiger partial charge in [0.05, 0.1) is 22.7 Å². The van der Waals surface area contributed by atoms with E-state index in [9.17, 15) is 22.8 Å². The molecule has 1 fully saturated rings. The molecule has 0 unspecified atom stereocenters. The van der Waals surface area contributed by atoms with Crippen molar-refractivity contribution in [2.75, 3.05) is 36.0 Å². The lowest BCUT2D eigenvalue weighted by Gasteiger charge is -2.36. The Balaban J connectivity index is 1.14. The largest absolute Gasteiger partial charge is 0.416 e. The number of benzene rings is 4. The summed E-state index contributed by atoms with van der Waals surface area (Å²) in [5.74, 6) is -0.205. The van der Waals surface area contributed by atoms with Crippen LogP contribution >= 0.6 is 11.8 Å². The molecule has 0 saturated carbocycles. The smallest absolute Gasteiger partial charge is 0.368 e. The molecule has 6 rings (SSSR count). The van der Waals surface area contributed by atoms with Gasteiger partial charge in [-0.1, -0.05) is 71.9 Å². The summed E-state index contributed by atoms with van der Waals surface area (Å²) in [5.41, 5.74) is 4.22. The summed E-state index contributed by atoms with van der Waals surface area (Å²) in [6.07, 6.45) is -2.54. The lowest BCUT2D eigenvalue weighted by Crippen LogP contribution is -2.48. The van der Waals surface area contributed by atoms with Crippen LogP contribution in [0.5, 0.6) is 0 Å². The molecule has 0 aromatic heterocycles. The Kier molecular flexibility index (Phi) is 8.23. The maximum atomic E-state index is 13.7. The molecule has 9 heteroatoms. The topological polar surface area (TPSA) is 43.9 Å². The zero-order chi connectivity index (χ0) is 30.8. The van der Waals surface area contributed by atoms with Crippen LogP contribution in [0, 0.1) is 6.92 Å². The number of hydrogen-bond acceptors (Lipinski definition) is 4. The second kappa shape index (κ2) is 12.2. The average molecular weight is 614 g/mol. The van der Waals surface area contributed by atoms with Crippen LogP contribution in [0.15, 0.2) is 107 Å². The number of carbonyl (C=O) groups is 2. The first-order valence-corrected chi connectivity index (χ1v) is 15.1. The fraction of sp³-hybridized carbons (Fsp3) is 0.200. The maximum absolute atomic E-state index is 13.7. The predicted octanol–water partition coefficient (Wildman–Crippen LogP) is 7.66. The van der Waals surface area contributed by atoms with Crippen molar-refractivity contribution in [2.45, 2.75) is 24.5 Å². The quantitative estimate of drug-likeness (QED) is 0.217. The third-order valence-electron chi connectivity index (χ3n) is 7.82. The van der Waals surface area contributed by atoms with Gasteiger partial charge in [-0.25, -0.2) is 0 Å². The SMILES string of the molecule is Cc1cccc(CN2C(=O)/C(=C\c3ccc(C(=O)N4CCN(c5cccc(C(F)(F)F)c5)CC4)cc3)Sc3ccccc32)c1. The molecule has 0 spiro atoms. The van der Waals surface area contributed by atoms with E-state index in [1.807, 2.05) is 77.4 Å². The number of alkyl halides is 3. The minimum atomic E-state index is -4.40. The molecular weight excluding hydrogens is 583 g/mol. The van der Waals surface area contributed by atoms with E-state index in [0.717, 1.165) is 39.4 Å². The van der Waals surface area contributed by atoms with E-state index in [4.69, 9.17) is 0 Å². The molecule has 2 aliphatic rings. The van der Waals surface area contributed by atoms with E-state index in [1.165, 1.54) is 17.8 Å². The van der Waals surface area contributed by atoms with Crippen molar-refractivity contribution < 1.29 is 22.8 Å². The van der Waals surface area contributed by atoms with E-state index in [2.05, 4.69) is 6.07 Å².